The van der Waals surface area contributed by atoms with Gasteiger partial charge in [-0.1, -0.05) is 29.3 Å². The van der Waals surface area contributed by atoms with Crippen LogP contribution in [0.15, 0.2) is 39.3 Å². The number of nitrogens with one attached hydrogen (secondary N) is 1. The Morgan fingerprint density at radius 2 is 1.85 bits per heavy atom. The second kappa shape index (κ2) is 6.48. The van der Waals surface area contributed by atoms with Gasteiger partial charge in [0.1, 0.15) is 0 Å². The van der Waals surface area contributed by atoms with Gasteiger partial charge in [0.2, 0.25) is 0 Å². The average molecular weight is 438 g/mol. The SMILES string of the molecule is Cc1cc(Br)c(NC(=O)c2cccc(Br)c2Cl)cc1Cl. The van der Waals surface area contributed by atoms with Crippen LogP contribution in [0, 0.1) is 6.92 Å². The lowest BCUT2D eigenvalue weighted by Crippen LogP contribution is -2.13. The van der Waals surface area contributed by atoms with E-state index in [-0.39, 0.29) is 5.91 Å². The van der Waals surface area contributed by atoms with Crippen LogP contribution in [0.4, 0.5) is 5.69 Å². The highest BCUT2D eigenvalue weighted by molar-refractivity contribution is 9.11. The fraction of sp³-hybridized carbons (Fsp3) is 0.0714. The van der Waals surface area contributed by atoms with Gasteiger partial charge in [-0.05, 0) is 68.6 Å². The topological polar surface area (TPSA) is 29.1 Å². The van der Waals surface area contributed by atoms with E-state index in [1.54, 1.807) is 24.3 Å². The number of carbonyl (C=O) groups excluding carboxylic acids is 1. The highest BCUT2D eigenvalue weighted by atomic mass is 79.9. The normalized spacial score (nSPS) is 10.4. The maximum absolute atomic E-state index is 12.3. The standard InChI is InChI=1S/C14H9Br2Cl2NO/c1-7-5-10(16)12(6-11(7)17)19-14(20)8-3-2-4-9(15)13(8)18/h2-6H,1H3,(H,19,20). The molecule has 0 aliphatic rings. The van der Waals surface area contributed by atoms with Crippen molar-refractivity contribution < 1.29 is 4.79 Å². The van der Waals surface area contributed by atoms with Crippen molar-refractivity contribution in [3.8, 4) is 0 Å². The molecular formula is C14H9Br2Cl2NO. The van der Waals surface area contributed by atoms with Crippen molar-refractivity contribution in [2.75, 3.05) is 5.32 Å². The molecule has 0 radical (unpaired) electrons. The third-order valence-corrected chi connectivity index (χ3v) is 5.05. The lowest BCUT2D eigenvalue weighted by atomic mass is 10.2. The summed E-state index contributed by atoms with van der Waals surface area (Å²) in [5.41, 5.74) is 1.92. The van der Waals surface area contributed by atoms with Crippen LogP contribution in [0.5, 0.6) is 0 Å². The summed E-state index contributed by atoms with van der Waals surface area (Å²) in [4.78, 5) is 12.3. The number of aryl methyl sites for hydroxylation is 1. The smallest absolute Gasteiger partial charge is 0.257 e. The molecule has 1 amide bonds. The van der Waals surface area contributed by atoms with Gasteiger partial charge in [-0.25, -0.2) is 0 Å². The van der Waals surface area contributed by atoms with E-state index < -0.39 is 0 Å². The van der Waals surface area contributed by atoms with Gasteiger partial charge in [0.15, 0.2) is 0 Å². The Bertz CT molecular complexity index is 689. The van der Waals surface area contributed by atoms with Gasteiger partial charge in [-0.15, -0.1) is 0 Å². The van der Waals surface area contributed by atoms with Crippen LogP contribution in [0.3, 0.4) is 0 Å². The van der Waals surface area contributed by atoms with E-state index in [1.165, 1.54) is 0 Å². The Morgan fingerprint density at radius 1 is 1.15 bits per heavy atom. The predicted molar refractivity (Wildman–Crippen MR) is 91.0 cm³/mol. The van der Waals surface area contributed by atoms with Crippen LogP contribution < -0.4 is 5.32 Å². The zero-order valence-corrected chi connectivity index (χ0v) is 15.0. The minimum atomic E-state index is -0.295. The van der Waals surface area contributed by atoms with Crippen LogP contribution in [0.2, 0.25) is 10.0 Å². The molecule has 6 heteroatoms. The summed E-state index contributed by atoms with van der Waals surface area (Å²) in [6.45, 7) is 1.89. The molecule has 1 N–H and O–H groups in total. The predicted octanol–water partition coefficient (Wildman–Crippen LogP) is 6.08. The van der Waals surface area contributed by atoms with Gasteiger partial charge in [0.05, 0.1) is 16.3 Å². The largest absolute Gasteiger partial charge is 0.321 e. The molecule has 2 aromatic rings. The molecule has 0 atom stereocenters. The van der Waals surface area contributed by atoms with Crippen molar-refractivity contribution >= 4 is 66.7 Å². The monoisotopic (exact) mass is 435 g/mol. The second-order valence-corrected chi connectivity index (χ2v) is 6.63. The Morgan fingerprint density at radius 3 is 2.55 bits per heavy atom. The number of hydrogen-bond donors (Lipinski definition) is 1. The molecule has 0 saturated carbocycles. The summed E-state index contributed by atoms with van der Waals surface area (Å²) < 4.78 is 1.44. The molecule has 0 aromatic heterocycles. The third-order valence-electron chi connectivity index (χ3n) is 2.69. The van der Waals surface area contributed by atoms with Gasteiger partial charge < -0.3 is 5.32 Å². The Kier molecular flexibility index (Phi) is 5.13. The van der Waals surface area contributed by atoms with Crippen molar-refractivity contribution in [2.24, 2.45) is 0 Å². The number of hydrogen-bond acceptors (Lipinski definition) is 1. The van der Waals surface area contributed by atoms with Crippen molar-refractivity contribution in [3.05, 3.63) is 60.4 Å². The van der Waals surface area contributed by atoms with Crippen LogP contribution in [0.25, 0.3) is 0 Å². The summed E-state index contributed by atoms with van der Waals surface area (Å²) in [5, 5.41) is 3.75. The van der Waals surface area contributed by atoms with Crippen molar-refractivity contribution in [1.29, 1.82) is 0 Å². The Balaban J connectivity index is 2.33. The maximum atomic E-state index is 12.3. The molecular weight excluding hydrogens is 429 g/mol. The van der Waals surface area contributed by atoms with Gasteiger partial charge in [0, 0.05) is 14.0 Å². The first-order valence-corrected chi connectivity index (χ1v) is 7.95. The van der Waals surface area contributed by atoms with Crippen LogP contribution >= 0.6 is 55.1 Å². The van der Waals surface area contributed by atoms with E-state index in [4.69, 9.17) is 23.2 Å². The number of amides is 1. The summed E-state index contributed by atoms with van der Waals surface area (Å²) >= 11 is 18.9. The highest BCUT2D eigenvalue weighted by Gasteiger charge is 2.14. The lowest BCUT2D eigenvalue weighted by molar-refractivity contribution is 0.102. The summed E-state index contributed by atoms with van der Waals surface area (Å²) in [5.74, 6) is -0.295. The van der Waals surface area contributed by atoms with Crippen LogP contribution in [-0.2, 0) is 0 Å². The minimum Gasteiger partial charge on any atom is -0.321 e. The maximum Gasteiger partial charge on any atom is 0.257 e. The van der Waals surface area contributed by atoms with E-state index in [0.29, 0.717) is 25.8 Å². The average Bonchev–Trinajstić information content (AvgIpc) is 2.39. The number of halogens is 4. The molecule has 0 aliphatic carbocycles. The van der Waals surface area contributed by atoms with E-state index in [2.05, 4.69) is 37.2 Å². The first-order valence-electron chi connectivity index (χ1n) is 5.61. The molecule has 20 heavy (non-hydrogen) atoms. The summed E-state index contributed by atoms with van der Waals surface area (Å²) in [6, 6.07) is 8.73. The highest BCUT2D eigenvalue weighted by Crippen LogP contribution is 2.31. The van der Waals surface area contributed by atoms with Crippen LogP contribution in [0.1, 0.15) is 15.9 Å². The molecule has 2 rings (SSSR count). The molecule has 2 aromatic carbocycles. The van der Waals surface area contributed by atoms with Crippen molar-refractivity contribution in [3.63, 3.8) is 0 Å². The zero-order valence-electron chi connectivity index (χ0n) is 10.3. The minimum absolute atomic E-state index is 0.295. The Hall–Kier alpha value is -0.550. The quantitative estimate of drug-likeness (QED) is 0.606. The molecule has 0 heterocycles. The molecule has 0 aliphatic heterocycles. The van der Waals surface area contributed by atoms with Gasteiger partial charge in [-0.2, -0.15) is 0 Å². The Labute approximate surface area is 143 Å². The van der Waals surface area contributed by atoms with Crippen molar-refractivity contribution in [1.82, 2.24) is 0 Å². The summed E-state index contributed by atoms with van der Waals surface area (Å²) in [7, 11) is 0. The summed E-state index contributed by atoms with van der Waals surface area (Å²) in [6.07, 6.45) is 0. The molecule has 0 saturated heterocycles. The first kappa shape index (κ1) is 15.8. The fourth-order valence-corrected chi connectivity index (χ4v) is 2.91. The molecule has 2 nitrogen and oxygen atoms in total. The lowest BCUT2D eigenvalue weighted by Gasteiger charge is -2.11. The van der Waals surface area contributed by atoms with Gasteiger partial charge >= 0.3 is 0 Å². The van der Waals surface area contributed by atoms with E-state index in [1.807, 2.05) is 13.0 Å². The zero-order chi connectivity index (χ0) is 14.9. The van der Waals surface area contributed by atoms with E-state index >= 15 is 0 Å². The molecule has 0 spiro atoms. The van der Waals surface area contributed by atoms with Crippen LogP contribution in [-0.4, -0.2) is 5.91 Å². The van der Waals surface area contributed by atoms with Gasteiger partial charge in [-0.3, -0.25) is 4.79 Å². The number of carbonyl (C=O) groups is 1. The molecule has 0 unspecified atom stereocenters. The van der Waals surface area contributed by atoms with E-state index in [9.17, 15) is 4.79 Å². The fourth-order valence-electron chi connectivity index (χ4n) is 1.61. The molecule has 0 fully saturated rings. The molecule has 104 valence electrons. The number of benzene rings is 2. The number of rotatable bonds is 2. The van der Waals surface area contributed by atoms with Crippen molar-refractivity contribution in [2.45, 2.75) is 6.92 Å². The third kappa shape index (κ3) is 3.37. The van der Waals surface area contributed by atoms with E-state index in [0.717, 1.165) is 10.0 Å². The van der Waals surface area contributed by atoms with Gasteiger partial charge in [0.25, 0.3) is 5.91 Å². The molecule has 0 bridgehead atoms. The first-order chi connectivity index (χ1) is 9.40. The second-order valence-electron chi connectivity index (χ2n) is 4.14. The number of anilines is 1.